The maximum atomic E-state index is 4.47. The van der Waals surface area contributed by atoms with Crippen molar-refractivity contribution < 1.29 is 0 Å². The summed E-state index contributed by atoms with van der Waals surface area (Å²) in [4.78, 5) is 4.47. The second-order valence-electron chi connectivity index (χ2n) is 9.92. The minimum atomic E-state index is 0.822. The molecular formula is C37H26N4. The lowest BCUT2D eigenvalue weighted by atomic mass is 9.93. The van der Waals surface area contributed by atoms with Gasteiger partial charge in [-0.25, -0.2) is 4.68 Å². The van der Waals surface area contributed by atoms with Crippen LogP contribution in [0.3, 0.4) is 0 Å². The van der Waals surface area contributed by atoms with E-state index in [2.05, 4.69) is 131 Å². The first-order valence-corrected chi connectivity index (χ1v) is 13.6. The fourth-order valence-corrected chi connectivity index (χ4v) is 5.09. The first-order valence-electron chi connectivity index (χ1n) is 13.6. The molecule has 7 aromatic rings. The third kappa shape index (κ3) is 5.19. The average molecular weight is 527 g/mol. The molecule has 4 heteroatoms. The molecule has 0 N–H and O–H groups in total. The molecule has 0 saturated heterocycles. The van der Waals surface area contributed by atoms with Crippen molar-refractivity contribution in [3.05, 3.63) is 158 Å². The van der Waals surface area contributed by atoms with Crippen LogP contribution in [0.1, 0.15) is 0 Å². The predicted octanol–water partition coefficient (Wildman–Crippen LogP) is 9.00. The molecule has 0 amide bonds. The summed E-state index contributed by atoms with van der Waals surface area (Å²) in [6.45, 7) is 0. The molecule has 4 nitrogen and oxygen atoms in total. The largest absolute Gasteiger partial charge is 0.256 e. The Kier molecular flexibility index (Phi) is 6.48. The minimum absolute atomic E-state index is 0.822. The number of hydrogen-bond donors (Lipinski definition) is 0. The molecule has 2 heterocycles. The van der Waals surface area contributed by atoms with E-state index in [1.165, 1.54) is 27.8 Å². The van der Waals surface area contributed by atoms with Crippen LogP contribution in [0, 0.1) is 0 Å². The van der Waals surface area contributed by atoms with Crippen LogP contribution >= 0.6 is 0 Å². The van der Waals surface area contributed by atoms with Gasteiger partial charge < -0.3 is 0 Å². The smallest absolute Gasteiger partial charge is 0.113 e. The van der Waals surface area contributed by atoms with Crippen LogP contribution in [0.15, 0.2) is 158 Å². The second-order valence-corrected chi connectivity index (χ2v) is 9.92. The quantitative estimate of drug-likeness (QED) is 0.217. The van der Waals surface area contributed by atoms with Gasteiger partial charge >= 0.3 is 0 Å². The van der Waals surface area contributed by atoms with Crippen molar-refractivity contribution in [2.45, 2.75) is 0 Å². The van der Waals surface area contributed by atoms with Crippen molar-refractivity contribution in [1.82, 2.24) is 20.0 Å². The lowest BCUT2D eigenvalue weighted by Gasteiger charge is -2.11. The molecular weight excluding hydrogens is 500 g/mol. The predicted molar refractivity (Wildman–Crippen MR) is 166 cm³/mol. The van der Waals surface area contributed by atoms with Gasteiger partial charge in [-0.05, 0) is 75.8 Å². The van der Waals surface area contributed by atoms with E-state index >= 15 is 0 Å². The van der Waals surface area contributed by atoms with Gasteiger partial charge in [-0.1, -0.05) is 108 Å². The third-order valence-electron chi connectivity index (χ3n) is 7.23. The molecule has 0 aliphatic rings. The molecule has 0 unspecified atom stereocenters. The Labute approximate surface area is 239 Å². The van der Waals surface area contributed by atoms with E-state index in [0.29, 0.717) is 0 Å². The Bertz CT molecular complexity index is 1850. The van der Waals surface area contributed by atoms with E-state index in [-0.39, 0.29) is 0 Å². The topological polar surface area (TPSA) is 43.6 Å². The summed E-state index contributed by atoms with van der Waals surface area (Å²) in [5.41, 5.74) is 11.9. The van der Waals surface area contributed by atoms with Gasteiger partial charge in [0.15, 0.2) is 0 Å². The van der Waals surface area contributed by atoms with Crippen molar-refractivity contribution in [2.24, 2.45) is 0 Å². The van der Waals surface area contributed by atoms with Crippen LogP contribution in [-0.4, -0.2) is 20.0 Å². The summed E-state index contributed by atoms with van der Waals surface area (Å²) < 4.78 is 1.81. The van der Waals surface area contributed by atoms with Crippen LogP contribution < -0.4 is 0 Å². The first-order chi connectivity index (χ1) is 20.3. The van der Waals surface area contributed by atoms with E-state index in [1.807, 2.05) is 41.2 Å². The molecule has 0 aliphatic carbocycles. The summed E-state index contributed by atoms with van der Waals surface area (Å²) in [6.07, 6.45) is 3.77. The van der Waals surface area contributed by atoms with Gasteiger partial charge in [-0.3, -0.25) is 4.98 Å². The molecule has 0 atom stereocenters. The van der Waals surface area contributed by atoms with Crippen molar-refractivity contribution in [1.29, 1.82) is 0 Å². The average Bonchev–Trinajstić information content (AvgIpc) is 3.57. The SMILES string of the molecule is c1ccc(-c2cc(-c3ccccc3)cc(-c3ccc(-c4cn(-c5cccc(-c6ccccn6)c5)nn4)cc3)c2)cc1. The zero-order valence-corrected chi connectivity index (χ0v) is 22.3. The molecule has 0 fully saturated rings. The first kappa shape index (κ1) is 24.4. The summed E-state index contributed by atoms with van der Waals surface area (Å²) >= 11 is 0. The van der Waals surface area contributed by atoms with Crippen LogP contribution in [0.4, 0.5) is 0 Å². The van der Waals surface area contributed by atoms with E-state index in [1.54, 1.807) is 6.20 Å². The van der Waals surface area contributed by atoms with Crippen LogP contribution in [0.5, 0.6) is 0 Å². The summed E-state index contributed by atoms with van der Waals surface area (Å²) in [7, 11) is 0. The van der Waals surface area contributed by atoms with Gasteiger partial charge in [0.2, 0.25) is 0 Å². The number of aromatic nitrogens is 4. The molecule has 0 radical (unpaired) electrons. The van der Waals surface area contributed by atoms with Gasteiger partial charge in [0.25, 0.3) is 0 Å². The van der Waals surface area contributed by atoms with Crippen LogP contribution in [0.2, 0.25) is 0 Å². The highest BCUT2D eigenvalue weighted by molar-refractivity contribution is 5.81. The molecule has 0 spiro atoms. The Morgan fingerprint density at radius 2 is 0.951 bits per heavy atom. The molecule has 0 bridgehead atoms. The van der Waals surface area contributed by atoms with Gasteiger partial charge in [0, 0.05) is 17.3 Å². The highest BCUT2D eigenvalue weighted by atomic mass is 15.4. The van der Waals surface area contributed by atoms with E-state index in [9.17, 15) is 0 Å². The molecule has 5 aromatic carbocycles. The molecule has 194 valence electrons. The summed E-state index contributed by atoms with van der Waals surface area (Å²) in [5, 5.41) is 8.89. The molecule has 7 rings (SSSR count). The number of pyridine rings is 1. The Balaban J connectivity index is 1.20. The van der Waals surface area contributed by atoms with E-state index < -0.39 is 0 Å². The number of rotatable bonds is 6. The van der Waals surface area contributed by atoms with Gasteiger partial charge in [-0.15, -0.1) is 5.10 Å². The number of hydrogen-bond acceptors (Lipinski definition) is 3. The molecule has 0 saturated carbocycles. The van der Waals surface area contributed by atoms with Gasteiger partial charge in [0.1, 0.15) is 5.69 Å². The van der Waals surface area contributed by atoms with Crippen molar-refractivity contribution in [3.63, 3.8) is 0 Å². The van der Waals surface area contributed by atoms with E-state index in [4.69, 9.17) is 0 Å². The van der Waals surface area contributed by atoms with Crippen molar-refractivity contribution in [2.75, 3.05) is 0 Å². The zero-order valence-electron chi connectivity index (χ0n) is 22.3. The summed E-state index contributed by atoms with van der Waals surface area (Å²) in [5.74, 6) is 0. The van der Waals surface area contributed by atoms with Crippen molar-refractivity contribution in [3.8, 4) is 61.6 Å². The van der Waals surface area contributed by atoms with Crippen LogP contribution in [0.25, 0.3) is 61.6 Å². The fraction of sp³-hybridized carbons (Fsp3) is 0. The lowest BCUT2D eigenvalue weighted by Crippen LogP contribution is -1.95. The minimum Gasteiger partial charge on any atom is -0.256 e. The van der Waals surface area contributed by atoms with Crippen molar-refractivity contribution >= 4 is 0 Å². The fourth-order valence-electron chi connectivity index (χ4n) is 5.09. The highest BCUT2D eigenvalue weighted by Gasteiger charge is 2.10. The maximum Gasteiger partial charge on any atom is 0.113 e. The highest BCUT2D eigenvalue weighted by Crippen LogP contribution is 2.33. The summed E-state index contributed by atoms with van der Waals surface area (Å²) in [6, 6.07) is 50.5. The second kappa shape index (κ2) is 10.9. The zero-order chi connectivity index (χ0) is 27.4. The molecule has 2 aromatic heterocycles. The monoisotopic (exact) mass is 526 g/mol. The Morgan fingerprint density at radius 3 is 1.56 bits per heavy atom. The van der Waals surface area contributed by atoms with E-state index in [0.717, 1.165) is 33.8 Å². The van der Waals surface area contributed by atoms with Gasteiger partial charge in [-0.2, -0.15) is 0 Å². The Hall–Kier alpha value is -5.61. The Morgan fingerprint density at radius 1 is 0.390 bits per heavy atom. The van der Waals surface area contributed by atoms with Gasteiger partial charge in [0.05, 0.1) is 17.6 Å². The lowest BCUT2D eigenvalue weighted by molar-refractivity contribution is 0.804. The van der Waals surface area contributed by atoms with Crippen LogP contribution in [-0.2, 0) is 0 Å². The number of benzene rings is 5. The maximum absolute atomic E-state index is 4.47. The molecule has 41 heavy (non-hydrogen) atoms. The molecule has 0 aliphatic heterocycles. The third-order valence-corrected chi connectivity index (χ3v) is 7.23. The number of nitrogens with zero attached hydrogens (tertiary/aromatic N) is 4. The normalized spacial score (nSPS) is 10.9. The standard InChI is InChI=1S/C37H26N4/c1-3-10-27(11-4-1)32-22-33(28-12-5-2-6-13-28)24-34(23-32)29-17-19-30(20-18-29)37-26-41(40-39-37)35-15-9-14-31(25-35)36-16-7-8-21-38-36/h1-26H.